The third-order valence-corrected chi connectivity index (χ3v) is 4.50. The summed E-state index contributed by atoms with van der Waals surface area (Å²) in [5.74, 6) is 1.30. The van der Waals surface area contributed by atoms with Crippen LogP contribution in [0.15, 0.2) is 35.1 Å². The molecule has 0 aliphatic rings. The number of halogens is 1. The zero-order chi connectivity index (χ0) is 19.8. The number of rotatable bonds is 8. The fraction of sp³-hybridized carbons (Fsp3) is 0.389. The van der Waals surface area contributed by atoms with Crippen LogP contribution in [0.5, 0.6) is 0 Å². The number of anilines is 1. The lowest BCUT2D eigenvalue weighted by molar-refractivity contribution is 0.830. The summed E-state index contributed by atoms with van der Waals surface area (Å²) in [4.78, 5) is 24.0. The number of nitrogens with zero attached hydrogens (tertiary/aromatic N) is 6. The second-order valence-corrected chi connectivity index (χ2v) is 6.94. The molecule has 0 saturated carbocycles. The largest absolute Gasteiger partial charge is 0.364 e. The molecule has 0 unspecified atom stereocenters. The fourth-order valence-electron chi connectivity index (χ4n) is 2.36. The maximum atomic E-state index is 6.05. The van der Waals surface area contributed by atoms with E-state index in [2.05, 4.69) is 43.7 Å². The van der Waals surface area contributed by atoms with E-state index in [1.165, 1.54) is 0 Å². The fourth-order valence-corrected chi connectivity index (χ4v) is 2.88. The minimum absolute atomic E-state index is 0.210. The number of thioether (sulfide) groups is 1. The highest BCUT2D eigenvalue weighted by Gasteiger charge is 2.14. The monoisotopic (exact) mass is 405 g/mol. The molecule has 9 heteroatoms. The first-order chi connectivity index (χ1) is 13.0. The van der Waals surface area contributed by atoms with Crippen LogP contribution in [0, 0.1) is 6.92 Å². The second kappa shape index (κ2) is 10.2. The molecule has 27 heavy (non-hydrogen) atoms. The molecule has 0 bridgehead atoms. The highest BCUT2D eigenvalue weighted by molar-refractivity contribution is 7.98. The Bertz CT molecular complexity index is 808. The molecule has 2 aromatic heterocycles. The molecule has 0 radical (unpaired) electrons. The highest BCUT2D eigenvalue weighted by atomic mass is 35.5. The highest BCUT2D eigenvalue weighted by Crippen LogP contribution is 2.30. The second-order valence-electron chi connectivity index (χ2n) is 5.78. The maximum Gasteiger partial charge on any atom is 0.224 e. The van der Waals surface area contributed by atoms with Crippen molar-refractivity contribution in [3.63, 3.8) is 0 Å². The van der Waals surface area contributed by atoms with Crippen molar-refractivity contribution < 1.29 is 0 Å². The summed E-state index contributed by atoms with van der Waals surface area (Å²) in [7, 11) is 1.96. The normalized spacial score (nSPS) is 11.4. The minimum Gasteiger partial charge on any atom is -0.364 e. The van der Waals surface area contributed by atoms with E-state index in [0.717, 1.165) is 23.7 Å². The van der Waals surface area contributed by atoms with Gasteiger partial charge in [0, 0.05) is 13.6 Å². The molecular formula is C18H24ClN7S. The van der Waals surface area contributed by atoms with Gasteiger partial charge < -0.3 is 10.2 Å². The summed E-state index contributed by atoms with van der Waals surface area (Å²) >= 11 is 7.61. The predicted octanol–water partition coefficient (Wildman–Crippen LogP) is 3.80. The van der Waals surface area contributed by atoms with Gasteiger partial charge in [-0.05, 0) is 37.3 Å². The molecule has 0 fully saturated rings. The molecule has 0 spiro atoms. The zero-order valence-electron chi connectivity index (χ0n) is 16.0. The lowest BCUT2D eigenvalue weighted by Gasteiger charge is -2.20. The molecule has 0 aliphatic carbocycles. The van der Waals surface area contributed by atoms with E-state index >= 15 is 0 Å². The van der Waals surface area contributed by atoms with Crippen molar-refractivity contribution in [1.82, 2.24) is 25.3 Å². The van der Waals surface area contributed by atoms with Crippen LogP contribution in [0.3, 0.4) is 0 Å². The minimum atomic E-state index is 0.210. The van der Waals surface area contributed by atoms with Gasteiger partial charge in [-0.2, -0.15) is 4.98 Å². The molecule has 1 N–H and O–H groups in total. The van der Waals surface area contributed by atoms with Crippen LogP contribution in [0.4, 0.5) is 11.5 Å². The third kappa shape index (κ3) is 5.90. The van der Waals surface area contributed by atoms with Gasteiger partial charge in [0.25, 0.3) is 0 Å². The Balaban J connectivity index is 2.26. The summed E-state index contributed by atoms with van der Waals surface area (Å²) in [6.07, 6.45) is 8.10. The molecule has 7 nitrogen and oxygen atoms in total. The maximum absolute atomic E-state index is 6.05. The van der Waals surface area contributed by atoms with Crippen molar-refractivity contribution in [2.24, 2.45) is 4.99 Å². The van der Waals surface area contributed by atoms with Gasteiger partial charge >= 0.3 is 0 Å². The van der Waals surface area contributed by atoms with Crippen LogP contribution < -0.4 is 10.2 Å². The van der Waals surface area contributed by atoms with Crippen LogP contribution in [-0.2, 0) is 6.54 Å². The van der Waals surface area contributed by atoms with Gasteiger partial charge in [0.1, 0.15) is 16.5 Å². The van der Waals surface area contributed by atoms with E-state index in [4.69, 9.17) is 11.6 Å². The summed E-state index contributed by atoms with van der Waals surface area (Å²) in [6.45, 7) is 9.14. The SMILES string of the molecule is C=C/C(=N\c1c(C)nc(Cl)nc1N(C)CCC)NCc1cnc(SC)cn1. The number of hydrogen-bond acceptors (Lipinski definition) is 7. The Morgan fingerprint density at radius 1 is 1.37 bits per heavy atom. The van der Waals surface area contributed by atoms with E-state index < -0.39 is 0 Å². The van der Waals surface area contributed by atoms with E-state index in [0.29, 0.717) is 29.6 Å². The third-order valence-electron chi connectivity index (χ3n) is 3.70. The van der Waals surface area contributed by atoms with Crippen LogP contribution in [-0.4, -0.2) is 45.6 Å². The van der Waals surface area contributed by atoms with Gasteiger partial charge in [0.2, 0.25) is 5.28 Å². The first kappa shape index (κ1) is 21.1. The quantitative estimate of drug-likeness (QED) is 0.309. The number of aryl methyl sites for hydroxylation is 1. The van der Waals surface area contributed by atoms with Crippen LogP contribution in [0.1, 0.15) is 24.7 Å². The molecule has 0 aliphatic heterocycles. The van der Waals surface area contributed by atoms with Gasteiger partial charge in [-0.1, -0.05) is 13.5 Å². The predicted molar refractivity (Wildman–Crippen MR) is 113 cm³/mol. The number of aromatic nitrogens is 4. The van der Waals surface area contributed by atoms with Crippen LogP contribution in [0.2, 0.25) is 5.28 Å². The molecule has 2 rings (SSSR count). The first-order valence-electron chi connectivity index (χ1n) is 8.53. The molecular weight excluding hydrogens is 382 g/mol. The lowest BCUT2D eigenvalue weighted by atomic mass is 10.3. The van der Waals surface area contributed by atoms with Crippen molar-refractivity contribution in [2.45, 2.75) is 31.8 Å². The van der Waals surface area contributed by atoms with Crippen LogP contribution >= 0.6 is 23.4 Å². The van der Waals surface area contributed by atoms with Crippen molar-refractivity contribution >= 4 is 40.7 Å². The molecule has 2 aromatic rings. The molecule has 0 amide bonds. The average Bonchev–Trinajstić information content (AvgIpc) is 2.66. The van der Waals surface area contributed by atoms with Crippen LogP contribution in [0.25, 0.3) is 0 Å². The lowest BCUT2D eigenvalue weighted by Crippen LogP contribution is -2.23. The summed E-state index contributed by atoms with van der Waals surface area (Å²) in [6, 6.07) is 0. The smallest absolute Gasteiger partial charge is 0.224 e. The number of hydrogen-bond donors (Lipinski definition) is 1. The average molecular weight is 406 g/mol. The van der Waals surface area contributed by atoms with Gasteiger partial charge in [0.05, 0.1) is 30.3 Å². The van der Waals surface area contributed by atoms with Crippen molar-refractivity contribution in [3.8, 4) is 0 Å². The van der Waals surface area contributed by atoms with Gasteiger partial charge in [-0.15, -0.1) is 11.8 Å². The van der Waals surface area contributed by atoms with E-state index in [9.17, 15) is 0 Å². The first-order valence-corrected chi connectivity index (χ1v) is 10.1. The Kier molecular flexibility index (Phi) is 7.99. The molecule has 2 heterocycles. The Labute approximate surface area is 169 Å². The number of aliphatic imine (C=N–C) groups is 1. The number of nitrogens with one attached hydrogen (secondary N) is 1. The summed E-state index contributed by atoms with van der Waals surface area (Å²) in [5, 5.41) is 4.32. The molecule has 0 aromatic carbocycles. The standard InChI is InChI=1S/C18H24ClN7S/c1-6-8-26(4)17-16(12(3)23-18(19)25-17)24-14(7-2)21-9-13-10-22-15(27-5)11-20-13/h7,10-11H,2,6,8-9H2,1,3-5H3,(H,21,24). The van der Waals surface area contributed by atoms with Gasteiger partial charge in [-0.3, -0.25) is 4.98 Å². The summed E-state index contributed by atoms with van der Waals surface area (Å²) in [5.41, 5.74) is 2.19. The van der Waals surface area contributed by atoms with Gasteiger partial charge in [0.15, 0.2) is 5.82 Å². The van der Waals surface area contributed by atoms with E-state index in [1.807, 2.05) is 25.1 Å². The van der Waals surface area contributed by atoms with Crippen molar-refractivity contribution in [1.29, 1.82) is 0 Å². The van der Waals surface area contributed by atoms with E-state index in [1.54, 1.807) is 30.2 Å². The molecule has 0 saturated heterocycles. The van der Waals surface area contributed by atoms with E-state index in [-0.39, 0.29) is 5.28 Å². The zero-order valence-corrected chi connectivity index (χ0v) is 17.6. The van der Waals surface area contributed by atoms with Crippen molar-refractivity contribution in [2.75, 3.05) is 24.7 Å². The molecule has 0 atom stereocenters. The number of amidine groups is 1. The topological polar surface area (TPSA) is 79.2 Å². The molecule has 144 valence electrons. The Morgan fingerprint density at radius 2 is 2.15 bits per heavy atom. The van der Waals surface area contributed by atoms with Crippen molar-refractivity contribution in [3.05, 3.63) is 41.7 Å². The van der Waals surface area contributed by atoms with Gasteiger partial charge in [-0.25, -0.2) is 15.0 Å². The summed E-state index contributed by atoms with van der Waals surface area (Å²) < 4.78 is 0. The Hall–Kier alpha value is -2.19. The Morgan fingerprint density at radius 3 is 2.74 bits per heavy atom.